The molecular formula is C10H8F3N3S. The molecule has 0 amide bonds. The van der Waals surface area contributed by atoms with Crippen LogP contribution in [0.1, 0.15) is 10.6 Å². The third-order valence-corrected chi connectivity index (χ3v) is 2.75. The van der Waals surface area contributed by atoms with Crippen molar-refractivity contribution < 1.29 is 13.2 Å². The van der Waals surface area contributed by atoms with Gasteiger partial charge in [0.2, 0.25) is 5.13 Å². The minimum absolute atomic E-state index is 0.0175. The minimum Gasteiger partial charge on any atom is -0.330 e. The lowest BCUT2D eigenvalue weighted by molar-refractivity contribution is -0.136. The van der Waals surface area contributed by atoms with E-state index in [2.05, 4.69) is 15.5 Å². The molecule has 1 aromatic heterocycles. The van der Waals surface area contributed by atoms with Crippen LogP contribution in [0, 0.1) is 6.92 Å². The Balaban J connectivity index is 2.33. The summed E-state index contributed by atoms with van der Waals surface area (Å²) in [5, 5.41) is 11.1. The fourth-order valence-electron chi connectivity index (χ4n) is 1.30. The normalized spacial score (nSPS) is 11.5. The van der Waals surface area contributed by atoms with Gasteiger partial charge in [-0.25, -0.2) is 0 Å². The number of benzene rings is 1. The molecule has 0 bridgehead atoms. The molecule has 90 valence electrons. The third-order valence-electron chi connectivity index (χ3n) is 2.00. The summed E-state index contributed by atoms with van der Waals surface area (Å²) in [7, 11) is 0. The van der Waals surface area contributed by atoms with Crippen LogP contribution >= 0.6 is 11.3 Å². The van der Waals surface area contributed by atoms with Crippen LogP contribution in [0.3, 0.4) is 0 Å². The van der Waals surface area contributed by atoms with E-state index in [0.717, 1.165) is 6.07 Å². The van der Waals surface area contributed by atoms with Crippen LogP contribution in [-0.2, 0) is 6.18 Å². The Kier molecular flexibility index (Phi) is 3.01. The second-order valence-electron chi connectivity index (χ2n) is 3.29. The maximum atomic E-state index is 12.7. The summed E-state index contributed by atoms with van der Waals surface area (Å²) < 4.78 is 38.1. The Morgan fingerprint density at radius 1 is 1.18 bits per heavy atom. The molecule has 7 heteroatoms. The summed E-state index contributed by atoms with van der Waals surface area (Å²) >= 11 is 1.20. The molecule has 0 unspecified atom stereocenters. The first kappa shape index (κ1) is 11.8. The van der Waals surface area contributed by atoms with Crippen LogP contribution in [0.25, 0.3) is 0 Å². The molecule has 1 N–H and O–H groups in total. The Morgan fingerprint density at radius 2 is 1.88 bits per heavy atom. The molecule has 0 saturated heterocycles. The lowest BCUT2D eigenvalue weighted by atomic mass is 10.2. The smallest absolute Gasteiger partial charge is 0.330 e. The first-order valence-electron chi connectivity index (χ1n) is 4.70. The minimum atomic E-state index is -4.39. The van der Waals surface area contributed by atoms with Crippen molar-refractivity contribution in [2.45, 2.75) is 13.1 Å². The molecule has 1 heterocycles. The predicted molar refractivity (Wildman–Crippen MR) is 59.4 cm³/mol. The van der Waals surface area contributed by atoms with Crippen molar-refractivity contribution in [3.63, 3.8) is 0 Å². The van der Waals surface area contributed by atoms with E-state index in [1.807, 2.05) is 0 Å². The van der Waals surface area contributed by atoms with Gasteiger partial charge >= 0.3 is 6.18 Å². The molecule has 17 heavy (non-hydrogen) atoms. The summed E-state index contributed by atoms with van der Waals surface area (Å²) in [5.41, 5.74) is -0.732. The van der Waals surface area contributed by atoms with E-state index in [1.165, 1.54) is 29.5 Å². The predicted octanol–water partition coefficient (Wildman–Crippen LogP) is 3.61. The van der Waals surface area contributed by atoms with E-state index in [4.69, 9.17) is 0 Å². The van der Waals surface area contributed by atoms with Gasteiger partial charge in [0.25, 0.3) is 0 Å². The number of halogens is 3. The van der Waals surface area contributed by atoms with Gasteiger partial charge in [-0.3, -0.25) is 0 Å². The highest BCUT2D eigenvalue weighted by atomic mass is 32.1. The second-order valence-corrected chi connectivity index (χ2v) is 4.48. The molecule has 0 aliphatic carbocycles. The van der Waals surface area contributed by atoms with Crippen molar-refractivity contribution in [2.24, 2.45) is 0 Å². The number of para-hydroxylation sites is 1. The maximum Gasteiger partial charge on any atom is 0.418 e. The van der Waals surface area contributed by atoms with Crippen molar-refractivity contribution in [1.82, 2.24) is 10.2 Å². The lowest BCUT2D eigenvalue weighted by Gasteiger charge is -2.12. The van der Waals surface area contributed by atoms with Gasteiger partial charge < -0.3 is 5.32 Å². The Hall–Kier alpha value is -1.63. The van der Waals surface area contributed by atoms with Crippen LogP contribution in [0.15, 0.2) is 24.3 Å². The van der Waals surface area contributed by atoms with Crippen LogP contribution in [-0.4, -0.2) is 10.2 Å². The molecule has 0 aliphatic heterocycles. The number of anilines is 2. The van der Waals surface area contributed by atoms with Gasteiger partial charge in [0, 0.05) is 0 Å². The molecule has 2 rings (SSSR count). The van der Waals surface area contributed by atoms with Crippen molar-refractivity contribution in [2.75, 3.05) is 5.32 Å². The quantitative estimate of drug-likeness (QED) is 0.895. The van der Waals surface area contributed by atoms with E-state index in [0.29, 0.717) is 10.1 Å². The molecule has 0 spiro atoms. The number of alkyl halides is 3. The van der Waals surface area contributed by atoms with Crippen molar-refractivity contribution in [3.8, 4) is 0 Å². The van der Waals surface area contributed by atoms with E-state index < -0.39 is 11.7 Å². The largest absolute Gasteiger partial charge is 0.418 e. The first-order valence-corrected chi connectivity index (χ1v) is 5.52. The SMILES string of the molecule is Cc1nnc(Nc2ccccc2C(F)(F)F)s1. The van der Waals surface area contributed by atoms with E-state index in [-0.39, 0.29) is 5.69 Å². The van der Waals surface area contributed by atoms with Crippen molar-refractivity contribution in [1.29, 1.82) is 0 Å². The highest BCUT2D eigenvalue weighted by Crippen LogP contribution is 2.36. The van der Waals surface area contributed by atoms with Crippen LogP contribution in [0.5, 0.6) is 0 Å². The van der Waals surface area contributed by atoms with Crippen LogP contribution in [0.4, 0.5) is 24.0 Å². The van der Waals surface area contributed by atoms with Gasteiger partial charge in [0.15, 0.2) is 0 Å². The van der Waals surface area contributed by atoms with E-state index >= 15 is 0 Å². The standard InChI is InChI=1S/C10H8F3N3S/c1-6-15-16-9(17-6)14-8-5-3-2-4-7(8)10(11,12)13/h2-5H,1H3,(H,14,16). The zero-order chi connectivity index (χ0) is 12.5. The highest BCUT2D eigenvalue weighted by Gasteiger charge is 2.33. The summed E-state index contributed by atoms with van der Waals surface area (Å²) in [6, 6.07) is 5.26. The monoisotopic (exact) mass is 259 g/mol. The third kappa shape index (κ3) is 2.73. The number of nitrogens with zero attached hydrogens (tertiary/aromatic N) is 2. The van der Waals surface area contributed by atoms with Gasteiger partial charge in [0.05, 0.1) is 11.3 Å². The summed E-state index contributed by atoms with van der Waals surface area (Å²) in [5.74, 6) is 0. The molecule has 0 atom stereocenters. The van der Waals surface area contributed by atoms with Crippen molar-refractivity contribution in [3.05, 3.63) is 34.8 Å². The average Bonchev–Trinajstić information content (AvgIpc) is 2.63. The van der Waals surface area contributed by atoms with Crippen LogP contribution in [0.2, 0.25) is 0 Å². The van der Waals surface area contributed by atoms with Crippen LogP contribution < -0.4 is 5.32 Å². The molecule has 2 aromatic rings. The molecule has 0 aliphatic rings. The van der Waals surface area contributed by atoms with Gasteiger partial charge in [-0.15, -0.1) is 10.2 Å². The van der Waals surface area contributed by atoms with E-state index in [1.54, 1.807) is 6.92 Å². The lowest BCUT2D eigenvalue weighted by Crippen LogP contribution is -2.08. The number of aromatic nitrogens is 2. The van der Waals surface area contributed by atoms with Gasteiger partial charge in [-0.1, -0.05) is 23.5 Å². The van der Waals surface area contributed by atoms with Crippen molar-refractivity contribution >= 4 is 22.2 Å². The first-order chi connectivity index (χ1) is 7.97. The fourth-order valence-corrected chi connectivity index (χ4v) is 1.91. The summed E-state index contributed by atoms with van der Waals surface area (Å²) in [4.78, 5) is 0. The highest BCUT2D eigenvalue weighted by molar-refractivity contribution is 7.15. The molecular weight excluding hydrogens is 251 g/mol. The summed E-state index contributed by atoms with van der Waals surface area (Å²) in [6.45, 7) is 1.73. The average molecular weight is 259 g/mol. The Bertz CT molecular complexity index is 522. The fraction of sp³-hybridized carbons (Fsp3) is 0.200. The zero-order valence-electron chi connectivity index (χ0n) is 8.75. The molecule has 0 radical (unpaired) electrons. The van der Waals surface area contributed by atoms with E-state index in [9.17, 15) is 13.2 Å². The summed E-state index contributed by atoms with van der Waals surface area (Å²) in [6.07, 6.45) is -4.39. The maximum absolute atomic E-state index is 12.7. The second kappa shape index (κ2) is 4.33. The van der Waals surface area contributed by atoms with Gasteiger partial charge in [0.1, 0.15) is 5.01 Å². The number of hydrogen-bond donors (Lipinski definition) is 1. The number of nitrogens with one attached hydrogen (secondary N) is 1. The molecule has 0 fully saturated rings. The molecule has 3 nitrogen and oxygen atoms in total. The number of rotatable bonds is 2. The molecule has 0 saturated carbocycles. The number of hydrogen-bond acceptors (Lipinski definition) is 4. The number of aryl methyl sites for hydroxylation is 1. The van der Waals surface area contributed by atoms with Gasteiger partial charge in [-0.2, -0.15) is 13.2 Å². The Labute approximate surface area is 99.3 Å². The topological polar surface area (TPSA) is 37.8 Å². The Morgan fingerprint density at radius 3 is 2.47 bits per heavy atom. The molecule has 1 aromatic carbocycles. The van der Waals surface area contributed by atoms with Gasteiger partial charge in [-0.05, 0) is 19.1 Å². The zero-order valence-corrected chi connectivity index (χ0v) is 9.56.